The number of benzene rings is 2. The van der Waals surface area contributed by atoms with Crippen LogP contribution in [0.3, 0.4) is 0 Å². The lowest BCUT2D eigenvalue weighted by Gasteiger charge is -2.23. The van der Waals surface area contributed by atoms with E-state index in [4.69, 9.17) is 10.5 Å². The number of ether oxygens (including phenoxy) is 1. The first-order chi connectivity index (χ1) is 9.70. The Hall–Kier alpha value is -2.23. The van der Waals surface area contributed by atoms with E-state index >= 15 is 0 Å². The number of anilines is 2. The largest absolute Gasteiger partial charge is 0.492 e. The van der Waals surface area contributed by atoms with Crippen molar-refractivity contribution >= 4 is 11.4 Å². The lowest BCUT2D eigenvalue weighted by Crippen LogP contribution is -2.28. The molecule has 0 fully saturated rings. The molecule has 0 aromatic heterocycles. The average molecular weight is 274 g/mol. The Morgan fingerprint density at radius 2 is 1.95 bits per heavy atom. The Morgan fingerprint density at radius 3 is 2.65 bits per heavy atom. The van der Waals surface area contributed by atoms with Gasteiger partial charge in [-0.2, -0.15) is 0 Å². The maximum Gasteiger partial charge on any atom is 0.146 e. The molecule has 0 unspecified atom stereocenters. The third kappa shape index (κ3) is 3.63. The van der Waals surface area contributed by atoms with Crippen molar-refractivity contribution in [3.05, 3.63) is 54.3 Å². The van der Waals surface area contributed by atoms with Crippen LogP contribution in [0.25, 0.3) is 0 Å². The van der Waals surface area contributed by atoms with Gasteiger partial charge in [0, 0.05) is 18.3 Å². The quantitative estimate of drug-likeness (QED) is 0.821. The Kier molecular flexibility index (Phi) is 4.82. The number of rotatable bonds is 6. The summed E-state index contributed by atoms with van der Waals surface area (Å²) in [6.45, 7) is 3.81. The van der Waals surface area contributed by atoms with E-state index in [1.54, 1.807) is 18.2 Å². The van der Waals surface area contributed by atoms with Gasteiger partial charge in [0.15, 0.2) is 0 Å². The van der Waals surface area contributed by atoms with E-state index in [0.29, 0.717) is 24.5 Å². The summed E-state index contributed by atoms with van der Waals surface area (Å²) in [7, 11) is 0. The Morgan fingerprint density at radius 1 is 1.15 bits per heavy atom. The maximum atomic E-state index is 13.7. The second-order valence-corrected chi connectivity index (χ2v) is 4.45. The number of likely N-dealkylation sites (N-methyl/N-ethyl adjacent to an activating group) is 1. The highest BCUT2D eigenvalue weighted by Gasteiger charge is 2.09. The van der Waals surface area contributed by atoms with Gasteiger partial charge >= 0.3 is 0 Å². The average Bonchev–Trinajstić information content (AvgIpc) is 2.45. The van der Waals surface area contributed by atoms with Gasteiger partial charge in [-0.15, -0.1) is 0 Å². The fourth-order valence-electron chi connectivity index (χ4n) is 2.04. The Balaban J connectivity index is 1.93. The second kappa shape index (κ2) is 6.80. The summed E-state index contributed by atoms with van der Waals surface area (Å²) in [5, 5.41) is 0. The molecule has 0 heterocycles. The van der Waals surface area contributed by atoms with Crippen LogP contribution in [0.1, 0.15) is 6.92 Å². The topological polar surface area (TPSA) is 38.5 Å². The van der Waals surface area contributed by atoms with Crippen LogP contribution in [-0.4, -0.2) is 19.7 Å². The number of hydrogen-bond donors (Lipinski definition) is 1. The van der Waals surface area contributed by atoms with Crippen LogP contribution < -0.4 is 15.4 Å². The minimum Gasteiger partial charge on any atom is -0.492 e. The second-order valence-electron chi connectivity index (χ2n) is 4.45. The van der Waals surface area contributed by atoms with E-state index in [1.807, 2.05) is 36.1 Å². The van der Waals surface area contributed by atoms with E-state index in [-0.39, 0.29) is 5.82 Å². The molecule has 106 valence electrons. The molecule has 0 amide bonds. The summed E-state index contributed by atoms with van der Waals surface area (Å²) < 4.78 is 19.4. The monoisotopic (exact) mass is 274 g/mol. The molecular weight excluding hydrogens is 255 g/mol. The smallest absolute Gasteiger partial charge is 0.146 e. The van der Waals surface area contributed by atoms with Crippen molar-refractivity contribution in [2.45, 2.75) is 6.92 Å². The SMILES string of the molecule is CCN(CCOc1cccc(N)c1)c1ccccc1F. The highest BCUT2D eigenvalue weighted by atomic mass is 19.1. The zero-order valence-corrected chi connectivity index (χ0v) is 11.6. The fourth-order valence-corrected chi connectivity index (χ4v) is 2.04. The molecule has 0 atom stereocenters. The molecule has 2 rings (SSSR count). The van der Waals surface area contributed by atoms with Gasteiger partial charge in [0.1, 0.15) is 18.2 Å². The predicted molar refractivity (Wildman–Crippen MR) is 80.6 cm³/mol. The summed E-state index contributed by atoms with van der Waals surface area (Å²) >= 11 is 0. The zero-order valence-electron chi connectivity index (χ0n) is 11.6. The third-order valence-electron chi connectivity index (χ3n) is 3.06. The molecule has 2 aromatic rings. The molecule has 2 N–H and O–H groups in total. The summed E-state index contributed by atoms with van der Waals surface area (Å²) in [6.07, 6.45) is 0. The number of hydrogen-bond acceptors (Lipinski definition) is 3. The van der Waals surface area contributed by atoms with Crippen molar-refractivity contribution in [2.75, 3.05) is 30.3 Å². The lowest BCUT2D eigenvalue weighted by atomic mass is 10.2. The molecule has 20 heavy (non-hydrogen) atoms. The Labute approximate surface area is 118 Å². The highest BCUT2D eigenvalue weighted by Crippen LogP contribution is 2.19. The predicted octanol–water partition coefficient (Wildman–Crippen LogP) is 3.31. The van der Waals surface area contributed by atoms with Crippen LogP contribution in [0.5, 0.6) is 5.75 Å². The molecule has 0 aliphatic heterocycles. The summed E-state index contributed by atoms with van der Waals surface area (Å²) in [5.41, 5.74) is 6.96. The molecule has 0 aliphatic rings. The maximum absolute atomic E-state index is 13.7. The molecule has 0 spiro atoms. The number of nitrogens with zero attached hydrogens (tertiary/aromatic N) is 1. The number of nitrogen functional groups attached to an aromatic ring is 1. The minimum atomic E-state index is -0.210. The molecular formula is C16H19FN2O. The number of halogens is 1. The van der Waals surface area contributed by atoms with E-state index in [9.17, 15) is 4.39 Å². The van der Waals surface area contributed by atoms with E-state index in [1.165, 1.54) is 6.07 Å². The zero-order chi connectivity index (χ0) is 14.4. The van der Waals surface area contributed by atoms with Crippen molar-refractivity contribution in [1.29, 1.82) is 0 Å². The molecule has 0 aliphatic carbocycles. The highest BCUT2D eigenvalue weighted by molar-refractivity contribution is 5.47. The first kappa shape index (κ1) is 14.2. The van der Waals surface area contributed by atoms with Crippen LogP contribution in [0.2, 0.25) is 0 Å². The van der Waals surface area contributed by atoms with Gasteiger partial charge in [-0.25, -0.2) is 4.39 Å². The van der Waals surface area contributed by atoms with Gasteiger partial charge in [0.05, 0.1) is 12.2 Å². The molecule has 3 nitrogen and oxygen atoms in total. The first-order valence-corrected chi connectivity index (χ1v) is 6.68. The van der Waals surface area contributed by atoms with E-state index in [0.717, 1.165) is 12.3 Å². The fraction of sp³-hybridized carbons (Fsp3) is 0.250. The molecule has 0 saturated carbocycles. The van der Waals surface area contributed by atoms with Crippen molar-refractivity contribution < 1.29 is 9.13 Å². The van der Waals surface area contributed by atoms with Crippen molar-refractivity contribution in [1.82, 2.24) is 0 Å². The number of para-hydroxylation sites is 1. The summed E-state index contributed by atoms with van der Waals surface area (Å²) in [5.74, 6) is 0.521. The standard InChI is InChI=1S/C16H19FN2O/c1-2-19(16-9-4-3-8-15(16)17)10-11-20-14-7-5-6-13(18)12-14/h3-9,12H,2,10-11,18H2,1H3. The molecule has 4 heteroatoms. The van der Waals surface area contributed by atoms with Gasteiger partial charge in [-0.3, -0.25) is 0 Å². The van der Waals surface area contributed by atoms with Crippen LogP contribution in [0, 0.1) is 5.82 Å². The van der Waals surface area contributed by atoms with Gasteiger partial charge < -0.3 is 15.4 Å². The van der Waals surface area contributed by atoms with Crippen LogP contribution in [-0.2, 0) is 0 Å². The van der Waals surface area contributed by atoms with E-state index in [2.05, 4.69) is 0 Å². The van der Waals surface area contributed by atoms with Crippen LogP contribution in [0.15, 0.2) is 48.5 Å². The first-order valence-electron chi connectivity index (χ1n) is 6.68. The van der Waals surface area contributed by atoms with Gasteiger partial charge in [-0.1, -0.05) is 18.2 Å². The third-order valence-corrected chi connectivity index (χ3v) is 3.06. The molecule has 0 saturated heterocycles. The summed E-state index contributed by atoms with van der Waals surface area (Å²) in [6, 6.07) is 14.1. The lowest BCUT2D eigenvalue weighted by molar-refractivity contribution is 0.324. The Bertz CT molecular complexity index is 560. The molecule has 0 bridgehead atoms. The van der Waals surface area contributed by atoms with Crippen LogP contribution >= 0.6 is 0 Å². The van der Waals surface area contributed by atoms with Crippen molar-refractivity contribution in [3.8, 4) is 5.75 Å². The molecule has 2 aromatic carbocycles. The van der Waals surface area contributed by atoms with Gasteiger partial charge in [-0.05, 0) is 31.2 Å². The van der Waals surface area contributed by atoms with E-state index < -0.39 is 0 Å². The van der Waals surface area contributed by atoms with Crippen molar-refractivity contribution in [2.24, 2.45) is 0 Å². The molecule has 0 radical (unpaired) electrons. The van der Waals surface area contributed by atoms with Crippen LogP contribution in [0.4, 0.5) is 15.8 Å². The van der Waals surface area contributed by atoms with Crippen molar-refractivity contribution in [3.63, 3.8) is 0 Å². The van der Waals surface area contributed by atoms with Gasteiger partial charge in [0.2, 0.25) is 0 Å². The minimum absolute atomic E-state index is 0.210. The normalized spacial score (nSPS) is 10.3. The number of nitrogens with two attached hydrogens (primary N) is 1. The summed E-state index contributed by atoms with van der Waals surface area (Å²) in [4.78, 5) is 1.95. The van der Waals surface area contributed by atoms with Gasteiger partial charge in [0.25, 0.3) is 0 Å².